The monoisotopic (exact) mass is 379 g/mol. The van der Waals surface area contributed by atoms with Crippen LogP contribution < -0.4 is 15.4 Å². The maximum absolute atomic E-state index is 11.0. The van der Waals surface area contributed by atoms with Gasteiger partial charge < -0.3 is 20.1 Å². The SMILES string of the molecule is CCC.COC(=O)NCCNC(C)c1ccc(OC)c(CN2CCCC2)c1. The van der Waals surface area contributed by atoms with Crippen LogP contribution in [0.15, 0.2) is 18.2 Å². The number of nitrogens with one attached hydrogen (secondary N) is 2. The Labute approximate surface area is 164 Å². The molecule has 1 amide bonds. The van der Waals surface area contributed by atoms with Crippen LogP contribution in [0.1, 0.15) is 57.2 Å². The zero-order valence-corrected chi connectivity index (χ0v) is 17.6. The van der Waals surface area contributed by atoms with Crippen LogP contribution in [0.25, 0.3) is 0 Å². The standard InChI is InChI=1S/C18H29N3O3.C3H8/c1-14(19-8-9-20-18(22)24-3)15-6-7-17(23-2)16(12-15)13-21-10-4-5-11-21;1-3-2/h6-7,12,14,19H,4-5,8-11,13H2,1-3H3,(H,20,22);3H2,1-2H3. The van der Waals surface area contributed by atoms with Gasteiger partial charge in [0.15, 0.2) is 0 Å². The van der Waals surface area contributed by atoms with E-state index in [1.165, 1.54) is 50.6 Å². The Hall–Kier alpha value is -1.79. The molecule has 1 fully saturated rings. The van der Waals surface area contributed by atoms with E-state index < -0.39 is 6.09 Å². The Balaban J connectivity index is 0.00000114. The predicted octanol–water partition coefficient (Wildman–Crippen LogP) is 3.71. The number of methoxy groups -OCH3 is 2. The number of hydrogen-bond donors (Lipinski definition) is 2. The number of rotatable bonds is 8. The summed E-state index contributed by atoms with van der Waals surface area (Å²) in [5, 5.41) is 6.08. The van der Waals surface area contributed by atoms with Crippen LogP contribution in [0, 0.1) is 0 Å². The van der Waals surface area contributed by atoms with Crippen LogP contribution in [0.3, 0.4) is 0 Å². The van der Waals surface area contributed by atoms with E-state index in [9.17, 15) is 4.79 Å². The highest BCUT2D eigenvalue weighted by molar-refractivity contribution is 5.66. The van der Waals surface area contributed by atoms with Crippen LogP contribution in [0.2, 0.25) is 0 Å². The van der Waals surface area contributed by atoms with Gasteiger partial charge in [0, 0.05) is 31.2 Å². The molecule has 27 heavy (non-hydrogen) atoms. The van der Waals surface area contributed by atoms with Crippen LogP contribution in [0.4, 0.5) is 4.79 Å². The molecule has 0 bridgehead atoms. The number of alkyl carbamates (subject to hydrolysis) is 1. The number of amides is 1. The molecular formula is C21H37N3O3. The molecule has 1 atom stereocenters. The average molecular weight is 380 g/mol. The quantitative estimate of drug-likeness (QED) is 0.674. The molecule has 2 rings (SSSR count). The molecule has 6 heteroatoms. The van der Waals surface area contributed by atoms with E-state index in [1.54, 1.807) is 7.11 Å². The lowest BCUT2D eigenvalue weighted by Gasteiger charge is -2.20. The van der Waals surface area contributed by atoms with E-state index in [0.29, 0.717) is 13.1 Å². The van der Waals surface area contributed by atoms with Crippen molar-refractivity contribution in [3.8, 4) is 5.75 Å². The molecule has 1 saturated heterocycles. The second-order valence-electron chi connectivity index (χ2n) is 6.86. The van der Waals surface area contributed by atoms with E-state index in [0.717, 1.165) is 12.3 Å². The Morgan fingerprint density at radius 3 is 2.44 bits per heavy atom. The summed E-state index contributed by atoms with van der Waals surface area (Å²) in [4.78, 5) is 13.5. The zero-order valence-electron chi connectivity index (χ0n) is 17.6. The Morgan fingerprint density at radius 2 is 1.85 bits per heavy atom. The van der Waals surface area contributed by atoms with E-state index in [-0.39, 0.29) is 6.04 Å². The van der Waals surface area contributed by atoms with E-state index >= 15 is 0 Å². The second-order valence-corrected chi connectivity index (χ2v) is 6.86. The van der Waals surface area contributed by atoms with Crippen molar-refractivity contribution in [3.63, 3.8) is 0 Å². The van der Waals surface area contributed by atoms with Crippen molar-refractivity contribution in [1.82, 2.24) is 15.5 Å². The Bertz CT molecular complexity index is 545. The van der Waals surface area contributed by atoms with E-state index in [4.69, 9.17) is 4.74 Å². The lowest BCUT2D eigenvalue weighted by Crippen LogP contribution is -2.32. The fourth-order valence-electron chi connectivity index (χ4n) is 3.02. The third-order valence-corrected chi connectivity index (χ3v) is 4.43. The smallest absolute Gasteiger partial charge is 0.406 e. The molecule has 1 unspecified atom stereocenters. The Kier molecular flexibility index (Phi) is 11.5. The molecule has 154 valence electrons. The van der Waals surface area contributed by atoms with Crippen molar-refractivity contribution in [2.75, 3.05) is 40.4 Å². The Morgan fingerprint density at radius 1 is 1.19 bits per heavy atom. The van der Waals surface area contributed by atoms with E-state index in [1.807, 2.05) is 6.07 Å². The summed E-state index contributed by atoms with van der Waals surface area (Å²) in [7, 11) is 3.09. The zero-order chi connectivity index (χ0) is 20.1. The van der Waals surface area contributed by atoms with Crippen molar-refractivity contribution in [1.29, 1.82) is 0 Å². The van der Waals surface area contributed by atoms with Gasteiger partial charge in [-0.15, -0.1) is 0 Å². The number of carbonyl (C=O) groups is 1. The van der Waals surface area contributed by atoms with Gasteiger partial charge >= 0.3 is 6.09 Å². The first-order valence-corrected chi connectivity index (χ1v) is 10.00. The number of carbonyl (C=O) groups excluding carboxylic acids is 1. The summed E-state index contributed by atoms with van der Waals surface area (Å²) in [5.41, 5.74) is 2.46. The van der Waals surface area contributed by atoms with Crippen LogP contribution in [-0.4, -0.2) is 51.4 Å². The number of benzene rings is 1. The fraction of sp³-hybridized carbons (Fsp3) is 0.667. The van der Waals surface area contributed by atoms with Gasteiger partial charge in [-0.05, 0) is 50.6 Å². The highest BCUT2D eigenvalue weighted by Crippen LogP contribution is 2.25. The summed E-state index contributed by atoms with van der Waals surface area (Å²) in [6.07, 6.45) is 3.42. The summed E-state index contributed by atoms with van der Waals surface area (Å²) >= 11 is 0. The van der Waals surface area contributed by atoms with Crippen molar-refractivity contribution in [3.05, 3.63) is 29.3 Å². The number of likely N-dealkylation sites (tertiary alicyclic amines) is 1. The van der Waals surface area contributed by atoms with Gasteiger partial charge in [0.25, 0.3) is 0 Å². The summed E-state index contributed by atoms with van der Waals surface area (Å²) in [6, 6.07) is 6.57. The first-order valence-electron chi connectivity index (χ1n) is 10.00. The lowest BCUT2D eigenvalue weighted by atomic mass is 10.0. The van der Waals surface area contributed by atoms with E-state index in [2.05, 4.69) is 53.2 Å². The average Bonchev–Trinajstić information content (AvgIpc) is 3.18. The fourth-order valence-corrected chi connectivity index (χ4v) is 3.02. The van der Waals surface area contributed by atoms with Gasteiger partial charge in [0.1, 0.15) is 5.75 Å². The molecule has 0 radical (unpaired) electrons. The molecule has 0 aliphatic carbocycles. The van der Waals surface area contributed by atoms with Crippen LogP contribution >= 0.6 is 0 Å². The molecule has 6 nitrogen and oxygen atoms in total. The molecule has 1 aromatic carbocycles. The number of hydrogen-bond acceptors (Lipinski definition) is 5. The summed E-state index contributed by atoms with van der Waals surface area (Å²) < 4.78 is 10.1. The molecule has 0 saturated carbocycles. The molecule has 1 aliphatic rings. The minimum atomic E-state index is -0.401. The van der Waals surface area contributed by atoms with Crippen molar-refractivity contribution in [2.24, 2.45) is 0 Å². The highest BCUT2D eigenvalue weighted by Gasteiger charge is 2.16. The predicted molar refractivity (Wildman–Crippen MR) is 110 cm³/mol. The van der Waals surface area contributed by atoms with Gasteiger partial charge in [-0.25, -0.2) is 4.79 Å². The number of nitrogens with zero attached hydrogens (tertiary/aromatic N) is 1. The number of ether oxygens (including phenoxy) is 2. The summed E-state index contributed by atoms with van der Waals surface area (Å²) in [5.74, 6) is 0.949. The minimum absolute atomic E-state index is 0.202. The van der Waals surface area contributed by atoms with Gasteiger partial charge in [-0.3, -0.25) is 4.90 Å². The van der Waals surface area contributed by atoms with Crippen LogP contribution in [-0.2, 0) is 11.3 Å². The highest BCUT2D eigenvalue weighted by atomic mass is 16.5. The maximum atomic E-state index is 11.0. The van der Waals surface area contributed by atoms with Gasteiger partial charge in [-0.1, -0.05) is 26.3 Å². The molecule has 0 spiro atoms. The minimum Gasteiger partial charge on any atom is -0.496 e. The maximum Gasteiger partial charge on any atom is 0.406 e. The first kappa shape index (κ1) is 23.2. The molecule has 2 N–H and O–H groups in total. The summed E-state index contributed by atoms with van der Waals surface area (Å²) in [6.45, 7) is 10.9. The normalized spacial score (nSPS) is 14.9. The topological polar surface area (TPSA) is 62.8 Å². The first-order chi connectivity index (χ1) is 13.0. The third-order valence-electron chi connectivity index (χ3n) is 4.43. The van der Waals surface area contributed by atoms with Gasteiger partial charge in [0.2, 0.25) is 0 Å². The lowest BCUT2D eigenvalue weighted by molar-refractivity contribution is 0.171. The molecule has 1 heterocycles. The molecule has 1 aromatic rings. The third kappa shape index (κ3) is 8.63. The second kappa shape index (κ2) is 13.4. The van der Waals surface area contributed by atoms with Gasteiger partial charge in [0.05, 0.1) is 14.2 Å². The largest absolute Gasteiger partial charge is 0.496 e. The van der Waals surface area contributed by atoms with Gasteiger partial charge in [-0.2, -0.15) is 0 Å². The molecule has 0 aromatic heterocycles. The van der Waals surface area contributed by atoms with Crippen molar-refractivity contribution in [2.45, 2.75) is 52.6 Å². The molecule has 1 aliphatic heterocycles. The van der Waals surface area contributed by atoms with Crippen molar-refractivity contribution < 1.29 is 14.3 Å². The molecular weight excluding hydrogens is 342 g/mol. The van der Waals surface area contributed by atoms with Crippen LogP contribution in [0.5, 0.6) is 5.75 Å². The van der Waals surface area contributed by atoms with Crippen molar-refractivity contribution >= 4 is 6.09 Å².